The van der Waals surface area contributed by atoms with Crippen LogP contribution in [0.25, 0.3) is 0 Å². The molecule has 0 radical (unpaired) electrons. The summed E-state index contributed by atoms with van der Waals surface area (Å²) in [5.41, 5.74) is 14.5. The van der Waals surface area contributed by atoms with Crippen LogP contribution in [0.15, 0.2) is 73.6 Å². The predicted octanol–water partition coefficient (Wildman–Crippen LogP) is 14.1. The van der Waals surface area contributed by atoms with Gasteiger partial charge in [0.05, 0.1) is 106 Å². The molecule has 6 aromatic rings. The van der Waals surface area contributed by atoms with Gasteiger partial charge in [-0.25, -0.2) is 38.8 Å². The highest BCUT2D eigenvalue weighted by Crippen LogP contribution is 2.51. The topological polar surface area (TPSA) is 214 Å². The lowest BCUT2D eigenvalue weighted by atomic mass is 9.97. The van der Waals surface area contributed by atoms with Crippen LogP contribution in [0.5, 0.6) is 5.88 Å². The molecule has 1 aliphatic carbocycles. The van der Waals surface area contributed by atoms with Crippen LogP contribution in [0.1, 0.15) is 314 Å². The number of carbonyl (C=O) groups excluding carboxylic acids is 7. The Kier molecular flexibility index (Phi) is 34.7. The number of Topliss-reactive ketones (excluding diaryl/α,β-unsaturated/α-hetero) is 1. The van der Waals surface area contributed by atoms with Gasteiger partial charge in [-0.2, -0.15) is 18.7 Å². The molecule has 6 amide bonds. The van der Waals surface area contributed by atoms with Crippen LogP contribution in [-0.2, 0) is 85.1 Å². The number of anilines is 4. The van der Waals surface area contributed by atoms with Crippen molar-refractivity contribution >= 4 is 74.8 Å². The van der Waals surface area contributed by atoms with Crippen molar-refractivity contribution in [3.8, 4) is 5.88 Å². The molecule has 15 rings (SSSR count). The normalized spacial score (nSPS) is 19.4. The highest BCUT2D eigenvalue weighted by molar-refractivity contribution is 7.15. The van der Waals surface area contributed by atoms with Gasteiger partial charge in [0, 0.05) is 85.9 Å². The number of imidazole rings is 2. The van der Waals surface area contributed by atoms with Crippen molar-refractivity contribution in [3.05, 3.63) is 113 Å². The Hall–Kier alpha value is -8.49. The van der Waals surface area contributed by atoms with E-state index in [0.717, 1.165) is 92.8 Å². The highest BCUT2D eigenvalue weighted by atomic mass is 32.1. The zero-order chi connectivity index (χ0) is 91.5. The molecule has 6 aromatic heterocycles. The van der Waals surface area contributed by atoms with Gasteiger partial charge in [-0.3, -0.25) is 39.2 Å². The number of fused-ring (bicyclic) bond motifs is 12. The molecular formula is C98H160N17O8S+7. The van der Waals surface area contributed by atoms with Crippen molar-refractivity contribution in [1.29, 1.82) is 0 Å². The number of aromatic nitrogens is 8. The third-order valence-corrected chi connectivity index (χ3v) is 27.2. The quantitative estimate of drug-likeness (QED) is 0.0580. The number of rotatable bonds is 17. The molecule has 0 aromatic carbocycles. The van der Waals surface area contributed by atoms with E-state index < -0.39 is 0 Å². The first-order chi connectivity index (χ1) is 58.5. The number of hydrogen-bond acceptors (Lipinski definition) is 11. The van der Waals surface area contributed by atoms with Gasteiger partial charge in [0.15, 0.2) is 48.6 Å². The predicted molar refractivity (Wildman–Crippen MR) is 492 cm³/mol. The molecule has 8 aliphatic heterocycles. The molecule has 4 unspecified atom stereocenters. The van der Waals surface area contributed by atoms with E-state index in [2.05, 4.69) is 196 Å². The lowest BCUT2D eigenvalue weighted by molar-refractivity contribution is -0.970. The van der Waals surface area contributed by atoms with E-state index in [1.54, 1.807) is 21.4 Å². The van der Waals surface area contributed by atoms with Gasteiger partial charge in [-0.15, -0.1) is 4.68 Å². The number of likely N-dealkylation sites (N-methyl/N-ethyl adjacent to an activating group) is 1. The van der Waals surface area contributed by atoms with Crippen molar-refractivity contribution < 1.29 is 70.2 Å². The van der Waals surface area contributed by atoms with Gasteiger partial charge in [-0.05, 0) is 154 Å². The smallest absolute Gasteiger partial charge is 0.392 e. The van der Waals surface area contributed by atoms with Gasteiger partial charge in [0.2, 0.25) is 35.0 Å². The molecule has 26 heteroatoms. The first-order valence-corrected chi connectivity index (χ1v) is 48.1. The van der Waals surface area contributed by atoms with Crippen molar-refractivity contribution in [2.75, 3.05) is 65.5 Å². The summed E-state index contributed by atoms with van der Waals surface area (Å²) in [6.45, 7) is 62.7. The molecule has 4 bridgehead atoms. The van der Waals surface area contributed by atoms with Crippen LogP contribution >= 0.6 is 11.3 Å². The number of piperazine rings is 1. The molecule has 684 valence electrons. The van der Waals surface area contributed by atoms with Gasteiger partial charge in [-0.1, -0.05) is 108 Å². The number of hydrogen-bond donors (Lipinski definition) is 3. The fraction of sp³-hybridized carbons (Fsp3) is 0.684. The second-order valence-electron chi connectivity index (χ2n) is 39.6. The fourth-order valence-electron chi connectivity index (χ4n) is 19.2. The number of pyridine rings is 3. The van der Waals surface area contributed by atoms with Crippen molar-refractivity contribution in [2.24, 2.45) is 41.4 Å². The minimum absolute atomic E-state index is 0.00339. The summed E-state index contributed by atoms with van der Waals surface area (Å²) < 4.78 is 24.8. The van der Waals surface area contributed by atoms with E-state index in [9.17, 15) is 33.6 Å². The molecular weight excluding hydrogens is 1580 g/mol. The number of hydrazine groups is 2. The number of amides is 6. The molecule has 25 nitrogen and oxygen atoms in total. The summed E-state index contributed by atoms with van der Waals surface area (Å²) in [7, 11) is 2.45. The minimum atomic E-state index is -0.00356. The van der Waals surface area contributed by atoms with Crippen molar-refractivity contribution in [2.45, 2.75) is 357 Å². The summed E-state index contributed by atoms with van der Waals surface area (Å²) in [6.07, 6.45) is 28.1. The Morgan fingerprint density at radius 3 is 1.60 bits per heavy atom. The third kappa shape index (κ3) is 22.4. The monoisotopic (exact) mass is 1740 g/mol. The molecule has 3 saturated heterocycles. The largest absolute Gasteiger partial charge is 0.441 e. The maximum Gasteiger partial charge on any atom is 0.392 e. The number of nitrogens with one attached hydrogen (secondary N) is 3. The van der Waals surface area contributed by atoms with Gasteiger partial charge in [0.1, 0.15) is 59.6 Å². The van der Waals surface area contributed by atoms with Crippen LogP contribution < -0.4 is 63.2 Å². The van der Waals surface area contributed by atoms with Crippen LogP contribution in [-0.4, -0.2) is 135 Å². The number of ether oxygens (including phenoxy) is 1. The van der Waals surface area contributed by atoms with Gasteiger partial charge < -0.3 is 19.0 Å². The van der Waals surface area contributed by atoms with E-state index in [1.165, 1.54) is 88.7 Å². The van der Waals surface area contributed by atoms with Crippen LogP contribution in [0.3, 0.4) is 0 Å². The van der Waals surface area contributed by atoms with Crippen LogP contribution in [0.4, 0.5) is 22.2 Å². The Labute approximate surface area is 747 Å². The molecule has 124 heavy (non-hydrogen) atoms. The fourth-order valence-corrected chi connectivity index (χ4v) is 20.5. The molecule has 14 heterocycles. The molecule has 3 fully saturated rings. The third-order valence-electron chi connectivity index (χ3n) is 26.0. The van der Waals surface area contributed by atoms with Crippen molar-refractivity contribution in [3.63, 3.8) is 0 Å². The van der Waals surface area contributed by atoms with Crippen molar-refractivity contribution in [1.82, 2.24) is 24.6 Å². The maximum absolute atomic E-state index is 12.6. The second kappa shape index (κ2) is 43.3. The van der Waals surface area contributed by atoms with Gasteiger partial charge in [0.25, 0.3) is 17.6 Å². The number of ketones is 1. The first kappa shape index (κ1) is 99.3. The second-order valence-corrected chi connectivity index (χ2v) is 40.7. The maximum atomic E-state index is 12.6. The Balaban J connectivity index is 0.000000164. The van der Waals surface area contributed by atoms with E-state index in [1.807, 2.05) is 146 Å². The minimum Gasteiger partial charge on any atom is -0.441 e. The zero-order valence-electron chi connectivity index (χ0n) is 81.4. The molecule has 3 N–H and O–H groups in total. The number of nitrogens with zero attached hydrogens (tertiary/aromatic N) is 14. The number of carbonyl (C=O) groups is 7. The number of thiazole rings is 1. The van der Waals surface area contributed by atoms with Crippen LogP contribution in [0.2, 0.25) is 0 Å². The number of aryl methyl sites for hydroxylation is 1. The Morgan fingerprint density at radius 2 is 1.05 bits per heavy atom. The average molecular weight is 1740 g/mol. The van der Waals surface area contributed by atoms with Gasteiger partial charge >= 0.3 is 16.9 Å². The van der Waals surface area contributed by atoms with E-state index in [4.69, 9.17) is 4.74 Å². The zero-order valence-corrected chi connectivity index (χ0v) is 82.2. The standard InChI is InChI=1S/C16H29N2O.2C14H22N3O.C14H21N2O2.C14H23N2O.C13H22N3O.C13H20N2OS/c1-10(2)16(19)17-12-6-7-13(17)15-9-8-14(12)18(15,5)11(3)4;1-10(2)14(18)17-13-6-5-9-16(11(3)4)12(13)7-8-15-17;1-10(2)14(18)17-9-7-13-12(15-17)6-5-8-16(13)11(3)4;1-10(2)13(17)16-8-9-18-14-12(16)6-5-7-15(14)11(3)4;1-10(2)13(17)8-12-9-16(11(3)4)14-6-5-7-15(12)14;1-10(2)13(17)16-7-5-6-12-14(11(3)4)8-9-15(12)16;1-8(2)12(16)14-13-15(9(3)4)10-6-5-7-11(10)17-13/h10-15H,6-9H2,1-5H3;5-6,9-11,15H,7-8H2,1-4H3;5-6,8,10-11,15H,7,9H2,1-4H3;5-7,10-11H,8-9H2,1-4H3;9-11H,5-8H2,1-4H3;8-11H,5-7H2,1-4H3;8-9H,5-7H2,1-4H3/q6*+1;/p+1. The summed E-state index contributed by atoms with van der Waals surface area (Å²) in [4.78, 5) is 90.4. The summed E-state index contributed by atoms with van der Waals surface area (Å²) in [6, 6.07) is 17.6. The molecule has 0 spiro atoms. The highest BCUT2D eigenvalue weighted by Gasteiger charge is 2.65. The first-order valence-electron chi connectivity index (χ1n) is 47.3. The van der Waals surface area contributed by atoms with E-state index in [-0.39, 0.29) is 71.0 Å². The summed E-state index contributed by atoms with van der Waals surface area (Å²) in [5, 5.41) is 9.40. The number of quaternary nitrogens is 1. The lowest BCUT2D eigenvalue weighted by Gasteiger charge is -2.55. The summed E-state index contributed by atoms with van der Waals surface area (Å²) >= 11 is 1.75. The molecule has 9 aliphatic rings. The molecule has 4 atom stereocenters. The molecule has 0 saturated carbocycles. The van der Waals surface area contributed by atoms with E-state index in [0.29, 0.717) is 97.7 Å². The average Bonchev–Trinajstić information content (AvgIpc) is 1.54. The lowest BCUT2D eigenvalue weighted by Crippen LogP contribution is -2.72. The Morgan fingerprint density at radius 1 is 0.500 bits per heavy atom. The summed E-state index contributed by atoms with van der Waals surface area (Å²) in [5.74, 6) is 5.32. The van der Waals surface area contributed by atoms with Crippen LogP contribution in [0, 0.1) is 41.4 Å². The Bertz CT molecular complexity index is 4550. The SMILES string of the molecule is CC(C)C(=O)Cc1c[n+](C(C)C)c2n1CCC2.CC(C)C(=O)N1C2CCC1C1CCC2[N+]1(C)C(C)C.CC(C)C(=O)N1CCCc2n1cc[n+]2C(C)C.CC(C)C(=O)N1CCOc2c1ccc[n+]2C(C)C.CC(C)C(=O)N1CCc2c(ccc[n+]2C(C)C)N1.CC(C)C(=O)N1NCCc2c1ccc[n+]2C(C)C.CC(C)C(=O)Nc1sc2c([n+]1C(C)C)CCC2. The van der Waals surface area contributed by atoms with E-state index >= 15 is 0 Å².